The highest BCUT2D eigenvalue weighted by Crippen LogP contribution is 2.35. The summed E-state index contributed by atoms with van der Waals surface area (Å²) in [6.07, 6.45) is 7.88. The third kappa shape index (κ3) is 2.74. The molecule has 1 heterocycles. The van der Waals surface area contributed by atoms with Crippen molar-refractivity contribution in [1.82, 2.24) is 5.32 Å². The van der Waals surface area contributed by atoms with Crippen molar-refractivity contribution in [3.05, 3.63) is 35.4 Å². The van der Waals surface area contributed by atoms with Gasteiger partial charge in [-0.15, -0.1) is 0 Å². The van der Waals surface area contributed by atoms with Crippen molar-refractivity contribution in [1.29, 1.82) is 0 Å². The van der Waals surface area contributed by atoms with Crippen LogP contribution in [0.5, 0.6) is 0 Å². The van der Waals surface area contributed by atoms with E-state index in [-0.39, 0.29) is 5.92 Å². The normalized spacial score (nSPS) is 28.3. The standard InChI is InChI=1S/C17H23NO/c19-17-11-4-3-9-15(17)13-7-1-2-8-14(13)16-10-5-6-12-18-16/h1-2,7-8,15-16,18H,3-6,9-12H2/t15-,16?/m1/s1. The molecule has 1 aliphatic heterocycles. The summed E-state index contributed by atoms with van der Waals surface area (Å²) in [6, 6.07) is 9.06. The van der Waals surface area contributed by atoms with Gasteiger partial charge in [0.15, 0.2) is 0 Å². The molecular weight excluding hydrogens is 234 g/mol. The number of nitrogens with one attached hydrogen (secondary N) is 1. The lowest BCUT2D eigenvalue weighted by atomic mass is 9.79. The summed E-state index contributed by atoms with van der Waals surface area (Å²) in [5, 5.41) is 3.62. The zero-order chi connectivity index (χ0) is 13.1. The molecule has 19 heavy (non-hydrogen) atoms. The Morgan fingerprint density at radius 2 is 1.74 bits per heavy atom. The first-order valence-electron chi connectivity index (χ1n) is 7.71. The molecule has 0 bridgehead atoms. The topological polar surface area (TPSA) is 29.1 Å². The molecule has 2 atom stereocenters. The predicted octanol–water partition coefficient (Wildman–Crippen LogP) is 3.73. The summed E-state index contributed by atoms with van der Waals surface area (Å²) in [6.45, 7) is 1.11. The van der Waals surface area contributed by atoms with Gasteiger partial charge in [0, 0.05) is 18.4 Å². The van der Waals surface area contributed by atoms with Gasteiger partial charge in [0.25, 0.3) is 0 Å². The molecule has 1 aliphatic carbocycles. The maximum absolute atomic E-state index is 12.2. The number of carbonyl (C=O) groups excluding carboxylic acids is 1. The number of hydrogen-bond acceptors (Lipinski definition) is 2. The fourth-order valence-corrected chi connectivity index (χ4v) is 3.57. The maximum atomic E-state index is 12.2. The van der Waals surface area contributed by atoms with Crippen LogP contribution in [0.2, 0.25) is 0 Å². The molecule has 0 radical (unpaired) electrons. The van der Waals surface area contributed by atoms with Crippen LogP contribution in [-0.2, 0) is 4.79 Å². The first-order valence-corrected chi connectivity index (χ1v) is 7.71. The summed E-state index contributed by atoms with van der Waals surface area (Å²) in [5.41, 5.74) is 2.68. The molecule has 0 aromatic heterocycles. The second-order valence-corrected chi connectivity index (χ2v) is 5.90. The highest BCUT2D eigenvalue weighted by molar-refractivity contribution is 5.86. The van der Waals surface area contributed by atoms with Crippen LogP contribution >= 0.6 is 0 Å². The average molecular weight is 257 g/mol. The smallest absolute Gasteiger partial charge is 0.140 e. The second-order valence-electron chi connectivity index (χ2n) is 5.90. The number of piperidine rings is 1. The van der Waals surface area contributed by atoms with Crippen molar-refractivity contribution in [2.45, 2.75) is 56.9 Å². The van der Waals surface area contributed by atoms with Crippen molar-refractivity contribution in [3.63, 3.8) is 0 Å². The molecule has 1 aromatic rings. The lowest BCUT2D eigenvalue weighted by Gasteiger charge is -2.29. The van der Waals surface area contributed by atoms with E-state index in [1.54, 1.807) is 0 Å². The Bertz CT molecular complexity index is 448. The average Bonchev–Trinajstić information content (AvgIpc) is 2.49. The Morgan fingerprint density at radius 1 is 0.947 bits per heavy atom. The summed E-state index contributed by atoms with van der Waals surface area (Å²) >= 11 is 0. The van der Waals surface area contributed by atoms with Crippen molar-refractivity contribution < 1.29 is 4.79 Å². The summed E-state index contributed by atoms with van der Waals surface area (Å²) in [7, 11) is 0. The van der Waals surface area contributed by atoms with Gasteiger partial charge in [-0.3, -0.25) is 4.79 Å². The minimum absolute atomic E-state index is 0.161. The molecule has 2 aliphatic rings. The van der Waals surface area contributed by atoms with E-state index in [1.807, 2.05) is 0 Å². The van der Waals surface area contributed by atoms with Gasteiger partial charge in [-0.1, -0.05) is 37.1 Å². The van der Waals surface area contributed by atoms with Gasteiger partial charge in [0.1, 0.15) is 5.78 Å². The van der Waals surface area contributed by atoms with Crippen LogP contribution < -0.4 is 5.32 Å². The van der Waals surface area contributed by atoms with Crippen LogP contribution in [0.4, 0.5) is 0 Å². The molecule has 1 unspecified atom stereocenters. The van der Waals surface area contributed by atoms with Crippen LogP contribution in [-0.4, -0.2) is 12.3 Å². The molecule has 2 nitrogen and oxygen atoms in total. The Hall–Kier alpha value is -1.15. The molecule has 2 heteroatoms. The first-order chi connectivity index (χ1) is 9.36. The van der Waals surface area contributed by atoms with Crippen LogP contribution in [0.25, 0.3) is 0 Å². The molecule has 1 aromatic carbocycles. The van der Waals surface area contributed by atoms with Crippen LogP contribution in [0.15, 0.2) is 24.3 Å². The Labute approximate surface area is 115 Å². The lowest BCUT2D eigenvalue weighted by Crippen LogP contribution is -2.29. The van der Waals surface area contributed by atoms with Gasteiger partial charge in [0.2, 0.25) is 0 Å². The molecule has 1 saturated heterocycles. The van der Waals surface area contributed by atoms with Gasteiger partial charge in [-0.2, -0.15) is 0 Å². The zero-order valence-corrected chi connectivity index (χ0v) is 11.5. The van der Waals surface area contributed by atoms with E-state index < -0.39 is 0 Å². The SMILES string of the molecule is O=C1CCCC[C@@H]1c1ccccc1C1CCCCN1. The molecule has 1 N–H and O–H groups in total. The van der Waals surface area contributed by atoms with Gasteiger partial charge in [0.05, 0.1) is 0 Å². The number of carbonyl (C=O) groups is 1. The molecule has 102 valence electrons. The molecule has 0 spiro atoms. The lowest BCUT2D eigenvalue weighted by molar-refractivity contribution is -0.121. The van der Waals surface area contributed by atoms with Gasteiger partial charge >= 0.3 is 0 Å². The van der Waals surface area contributed by atoms with Crippen molar-refractivity contribution in [2.75, 3.05) is 6.54 Å². The van der Waals surface area contributed by atoms with E-state index in [9.17, 15) is 4.79 Å². The van der Waals surface area contributed by atoms with Crippen LogP contribution in [0.1, 0.15) is 68.0 Å². The van der Waals surface area contributed by atoms with Gasteiger partial charge in [-0.25, -0.2) is 0 Å². The third-order valence-corrected chi connectivity index (χ3v) is 4.61. The number of Topliss-reactive ketones (excluding diaryl/α,β-unsaturated/α-hetero) is 1. The fourth-order valence-electron chi connectivity index (χ4n) is 3.57. The number of ketones is 1. The maximum Gasteiger partial charge on any atom is 0.140 e. The number of rotatable bonds is 2. The molecule has 1 saturated carbocycles. The number of benzene rings is 1. The summed E-state index contributed by atoms with van der Waals surface area (Å²) in [4.78, 5) is 12.2. The van der Waals surface area contributed by atoms with Crippen LogP contribution in [0.3, 0.4) is 0 Å². The minimum atomic E-state index is 0.161. The predicted molar refractivity (Wildman–Crippen MR) is 77.3 cm³/mol. The molecule has 0 amide bonds. The largest absolute Gasteiger partial charge is 0.310 e. The van der Waals surface area contributed by atoms with E-state index in [4.69, 9.17) is 0 Å². The summed E-state index contributed by atoms with van der Waals surface area (Å²) in [5.74, 6) is 0.614. The third-order valence-electron chi connectivity index (χ3n) is 4.61. The van der Waals surface area contributed by atoms with Crippen LogP contribution in [0, 0.1) is 0 Å². The first kappa shape index (κ1) is 12.9. The van der Waals surface area contributed by atoms with E-state index in [2.05, 4.69) is 29.6 Å². The highest BCUT2D eigenvalue weighted by atomic mass is 16.1. The fraction of sp³-hybridized carbons (Fsp3) is 0.588. The van der Waals surface area contributed by atoms with Gasteiger partial charge in [-0.05, 0) is 43.4 Å². The van der Waals surface area contributed by atoms with E-state index >= 15 is 0 Å². The minimum Gasteiger partial charge on any atom is -0.310 e. The van der Waals surface area contributed by atoms with E-state index in [0.717, 1.165) is 25.8 Å². The Morgan fingerprint density at radius 3 is 2.47 bits per heavy atom. The molecular formula is C17H23NO. The highest BCUT2D eigenvalue weighted by Gasteiger charge is 2.28. The van der Waals surface area contributed by atoms with Crippen molar-refractivity contribution in [2.24, 2.45) is 0 Å². The Balaban J connectivity index is 1.89. The monoisotopic (exact) mass is 257 g/mol. The Kier molecular flexibility index (Phi) is 3.97. The quantitative estimate of drug-likeness (QED) is 0.874. The van der Waals surface area contributed by atoms with Crippen molar-refractivity contribution in [3.8, 4) is 0 Å². The summed E-state index contributed by atoms with van der Waals surface area (Å²) < 4.78 is 0. The van der Waals surface area contributed by atoms with Crippen molar-refractivity contribution >= 4 is 5.78 Å². The molecule has 2 fully saturated rings. The van der Waals surface area contributed by atoms with Gasteiger partial charge < -0.3 is 5.32 Å². The van der Waals surface area contributed by atoms with E-state index in [0.29, 0.717) is 11.8 Å². The second kappa shape index (κ2) is 5.87. The van der Waals surface area contributed by atoms with E-state index in [1.165, 1.54) is 36.8 Å². The molecule has 3 rings (SSSR count). The number of hydrogen-bond donors (Lipinski definition) is 1. The zero-order valence-electron chi connectivity index (χ0n) is 11.5.